The minimum absolute atomic E-state index is 0.235. The van der Waals surface area contributed by atoms with E-state index in [1.54, 1.807) is 12.1 Å². The largest absolute Gasteiger partial charge is 0.573 e. The van der Waals surface area contributed by atoms with Crippen molar-refractivity contribution >= 4 is 0 Å². The minimum Gasteiger partial charge on any atom is -0.406 e. The van der Waals surface area contributed by atoms with Gasteiger partial charge in [0.15, 0.2) is 0 Å². The average molecular weight is 439 g/mol. The van der Waals surface area contributed by atoms with E-state index in [9.17, 15) is 13.2 Å². The summed E-state index contributed by atoms with van der Waals surface area (Å²) in [6.45, 7) is 2.12. The predicted molar refractivity (Wildman–Crippen MR) is 121 cm³/mol. The zero-order chi connectivity index (χ0) is 22.6. The highest BCUT2D eigenvalue weighted by Crippen LogP contribution is 2.40. The van der Waals surface area contributed by atoms with Crippen LogP contribution in [0.3, 0.4) is 0 Å². The van der Waals surface area contributed by atoms with E-state index in [4.69, 9.17) is 0 Å². The summed E-state index contributed by atoms with van der Waals surface area (Å²) >= 11 is 0. The first-order chi connectivity index (χ1) is 15.4. The summed E-state index contributed by atoms with van der Waals surface area (Å²) in [6.07, 6.45) is 8.78. The summed E-state index contributed by atoms with van der Waals surface area (Å²) in [7, 11) is 0. The third-order valence-electron chi connectivity index (χ3n) is 6.86. The number of ether oxygens (including phenoxy) is 1. The molecular weight excluding hydrogens is 409 g/mol. The number of halogens is 3. The van der Waals surface area contributed by atoms with Crippen LogP contribution in [0.2, 0.25) is 0 Å². The zero-order valence-electron chi connectivity index (χ0n) is 18.4. The van der Waals surface area contributed by atoms with Crippen molar-refractivity contribution in [3.05, 3.63) is 76.9 Å². The highest BCUT2D eigenvalue weighted by atomic mass is 19.4. The minimum atomic E-state index is -4.68. The molecule has 0 bridgehead atoms. The van der Waals surface area contributed by atoms with Crippen LogP contribution in [-0.4, -0.2) is 6.36 Å². The summed E-state index contributed by atoms with van der Waals surface area (Å²) in [5, 5.41) is 0. The summed E-state index contributed by atoms with van der Waals surface area (Å²) in [5.74, 6) is 8.39. The lowest BCUT2D eigenvalue weighted by Gasteiger charge is -2.36. The zero-order valence-corrected chi connectivity index (χ0v) is 18.4. The molecule has 4 heteroatoms. The molecule has 2 aliphatic carbocycles. The molecule has 2 aromatic rings. The molecule has 0 aliphatic heterocycles. The number of benzene rings is 2. The van der Waals surface area contributed by atoms with Crippen LogP contribution < -0.4 is 4.74 Å². The Labute approximate surface area is 188 Å². The Bertz CT molecular complexity index is 1000. The van der Waals surface area contributed by atoms with Crippen molar-refractivity contribution in [2.24, 2.45) is 17.8 Å². The maximum Gasteiger partial charge on any atom is 0.573 e. The number of fused-ring (bicyclic) bond motifs is 1. The molecule has 0 radical (unpaired) electrons. The number of alkyl halides is 3. The van der Waals surface area contributed by atoms with Crippen LogP contribution in [-0.2, 0) is 12.8 Å². The van der Waals surface area contributed by atoms with Crippen molar-refractivity contribution in [1.29, 1.82) is 0 Å². The lowest BCUT2D eigenvalue weighted by molar-refractivity contribution is -0.274. The molecule has 0 heterocycles. The van der Waals surface area contributed by atoms with E-state index in [-0.39, 0.29) is 5.75 Å². The van der Waals surface area contributed by atoms with Gasteiger partial charge in [0.05, 0.1) is 0 Å². The van der Waals surface area contributed by atoms with Crippen LogP contribution in [0.15, 0.2) is 54.6 Å². The smallest absolute Gasteiger partial charge is 0.406 e. The van der Waals surface area contributed by atoms with Crippen LogP contribution in [0.4, 0.5) is 13.2 Å². The van der Waals surface area contributed by atoms with E-state index in [2.05, 4.69) is 53.9 Å². The Morgan fingerprint density at radius 1 is 0.844 bits per heavy atom. The number of aryl methyl sites for hydroxylation is 1. The Hall–Kier alpha value is -2.67. The molecule has 32 heavy (non-hydrogen) atoms. The molecule has 1 saturated carbocycles. The van der Waals surface area contributed by atoms with Gasteiger partial charge in [-0.1, -0.05) is 30.1 Å². The SMILES string of the molecule is C/C=C/C1CCC(C2CCc3cc(C#Cc4ccc(OC(F)(F)F)cc4)ccc3C2)CC1. The van der Waals surface area contributed by atoms with Gasteiger partial charge in [0, 0.05) is 11.1 Å². The highest BCUT2D eigenvalue weighted by molar-refractivity contribution is 5.47. The van der Waals surface area contributed by atoms with E-state index in [0.717, 1.165) is 29.7 Å². The Balaban J connectivity index is 1.37. The van der Waals surface area contributed by atoms with E-state index in [1.807, 2.05) is 0 Å². The van der Waals surface area contributed by atoms with Crippen LogP contribution >= 0.6 is 0 Å². The lowest BCUT2D eigenvalue weighted by atomic mass is 9.69. The fraction of sp³-hybridized carbons (Fsp3) is 0.429. The lowest BCUT2D eigenvalue weighted by Crippen LogP contribution is -2.26. The van der Waals surface area contributed by atoms with Crippen LogP contribution in [0.25, 0.3) is 0 Å². The summed E-state index contributed by atoms with van der Waals surface area (Å²) < 4.78 is 40.7. The van der Waals surface area contributed by atoms with Gasteiger partial charge in [0.2, 0.25) is 0 Å². The number of allylic oxidation sites excluding steroid dienone is 2. The Kier molecular flexibility index (Phi) is 6.94. The van der Waals surface area contributed by atoms with Crippen molar-refractivity contribution in [1.82, 2.24) is 0 Å². The molecule has 0 amide bonds. The Morgan fingerprint density at radius 2 is 1.53 bits per heavy atom. The van der Waals surface area contributed by atoms with Gasteiger partial charge in [-0.3, -0.25) is 0 Å². The normalized spacial score (nSPS) is 23.3. The van der Waals surface area contributed by atoms with Gasteiger partial charge in [0.25, 0.3) is 0 Å². The molecule has 0 saturated heterocycles. The summed E-state index contributed by atoms with van der Waals surface area (Å²) in [6, 6.07) is 12.1. The predicted octanol–water partition coefficient (Wildman–Crippen LogP) is 7.47. The van der Waals surface area contributed by atoms with Gasteiger partial charge in [-0.05, 0) is 117 Å². The third-order valence-corrected chi connectivity index (χ3v) is 6.86. The maximum atomic E-state index is 12.3. The van der Waals surface area contributed by atoms with Crippen LogP contribution in [0.1, 0.15) is 61.3 Å². The van der Waals surface area contributed by atoms with Gasteiger partial charge in [-0.15, -0.1) is 13.2 Å². The fourth-order valence-corrected chi connectivity index (χ4v) is 5.23. The molecule has 2 aromatic carbocycles. The molecule has 0 N–H and O–H groups in total. The van der Waals surface area contributed by atoms with E-state index >= 15 is 0 Å². The summed E-state index contributed by atoms with van der Waals surface area (Å²) in [5.41, 5.74) is 4.45. The van der Waals surface area contributed by atoms with E-state index in [1.165, 1.54) is 61.8 Å². The van der Waals surface area contributed by atoms with E-state index in [0.29, 0.717) is 5.56 Å². The van der Waals surface area contributed by atoms with Crippen molar-refractivity contribution in [3.8, 4) is 17.6 Å². The molecule has 0 spiro atoms. The first kappa shape index (κ1) is 22.5. The van der Waals surface area contributed by atoms with Crippen LogP contribution in [0.5, 0.6) is 5.75 Å². The molecule has 1 fully saturated rings. The topological polar surface area (TPSA) is 9.23 Å². The monoisotopic (exact) mass is 438 g/mol. The number of hydrogen-bond acceptors (Lipinski definition) is 1. The second-order valence-corrected chi connectivity index (χ2v) is 9.01. The molecule has 4 rings (SSSR count). The first-order valence-electron chi connectivity index (χ1n) is 11.5. The van der Waals surface area contributed by atoms with Gasteiger partial charge in [0.1, 0.15) is 5.75 Å². The van der Waals surface area contributed by atoms with Crippen LogP contribution in [0, 0.1) is 29.6 Å². The quantitative estimate of drug-likeness (QED) is 0.357. The second kappa shape index (κ2) is 9.86. The molecule has 2 aliphatic rings. The fourth-order valence-electron chi connectivity index (χ4n) is 5.23. The molecule has 1 nitrogen and oxygen atoms in total. The van der Waals surface area contributed by atoms with Crippen molar-refractivity contribution in [3.63, 3.8) is 0 Å². The van der Waals surface area contributed by atoms with Crippen molar-refractivity contribution < 1.29 is 17.9 Å². The Morgan fingerprint density at radius 3 is 2.22 bits per heavy atom. The molecule has 1 atom stereocenters. The van der Waals surface area contributed by atoms with E-state index < -0.39 is 6.36 Å². The van der Waals surface area contributed by atoms with Gasteiger partial charge >= 0.3 is 6.36 Å². The molecule has 1 unspecified atom stereocenters. The van der Waals surface area contributed by atoms with Gasteiger partial charge in [-0.25, -0.2) is 0 Å². The maximum absolute atomic E-state index is 12.3. The van der Waals surface area contributed by atoms with Crippen molar-refractivity contribution in [2.45, 2.75) is 58.2 Å². The standard InChI is InChI=1S/C28H29F3O/c1-2-3-20-6-11-23(12-7-20)25-15-14-24-18-22(8-13-26(24)19-25)5-4-21-9-16-27(17-10-21)32-28(29,30)31/h2-3,8-10,13,16-18,20,23,25H,6-7,11-12,14-15,19H2,1H3/b3-2+. The molecule has 168 valence electrons. The van der Waals surface area contributed by atoms with Crippen molar-refractivity contribution in [2.75, 3.05) is 0 Å². The van der Waals surface area contributed by atoms with Gasteiger partial charge < -0.3 is 4.74 Å². The van der Waals surface area contributed by atoms with Gasteiger partial charge in [-0.2, -0.15) is 0 Å². The third kappa shape index (κ3) is 5.97. The second-order valence-electron chi connectivity index (χ2n) is 9.01. The number of rotatable bonds is 3. The highest BCUT2D eigenvalue weighted by Gasteiger charge is 2.31. The average Bonchev–Trinajstić information content (AvgIpc) is 2.78. The first-order valence-corrected chi connectivity index (χ1v) is 11.5. The number of hydrogen-bond donors (Lipinski definition) is 0. The summed E-state index contributed by atoms with van der Waals surface area (Å²) in [4.78, 5) is 0. The molecular formula is C28H29F3O. The molecule has 0 aromatic heterocycles.